The molecule has 27 heavy (non-hydrogen) atoms. The summed E-state index contributed by atoms with van der Waals surface area (Å²) in [6, 6.07) is 12.5. The predicted molar refractivity (Wildman–Crippen MR) is 105 cm³/mol. The second kappa shape index (κ2) is 6.36. The van der Waals surface area contributed by atoms with Crippen molar-refractivity contribution in [3.05, 3.63) is 47.5 Å². The van der Waals surface area contributed by atoms with E-state index in [4.69, 9.17) is 18.9 Å². The van der Waals surface area contributed by atoms with Gasteiger partial charge in [-0.3, -0.25) is 0 Å². The molecule has 0 amide bonds. The predicted octanol–water partition coefficient (Wildman–Crippen LogP) is 5.22. The Morgan fingerprint density at radius 3 is 2.19 bits per heavy atom. The van der Waals surface area contributed by atoms with Crippen molar-refractivity contribution in [1.29, 1.82) is 0 Å². The fourth-order valence-electron chi connectivity index (χ4n) is 3.69. The molecule has 144 valence electrons. The molecule has 0 saturated carbocycles. The summed E-state index contributed by atoms with van der Waals surface area (Å²) in [5, 5.41) is 0. The van der Waals surface area contributed by atoms with Crippen molar-refractivity contribution in [2.24, 2.45) is 0 Å². The van der Waals surface area contributed by atoms with Crippen LogP contribution < -0.4 is 18.9 Å². The lowest BCUT2D eigenvalue weighted by Gasteiger charge is -2.34. The second-order valence-corrected chi connectivity index (χ2v) is 9.12. The molecule has 1 unspecified atom stereocenters. The number of ether oxygens (including phenoxy) is 4. The molecule has 4 rings (SSSR count). The fourth-order valence-corrected chi connectivity index (χ4v) is 3.69. The number of fused-ring (bicyclic) bond motifs is 2. The Labute approximate surface area is 161 Å². The maximum absolute atomic E-state index is 6.27. The average Bonchev–Trinajstić information content (AvgIpc) is 3.08. The van der Waals surface area contributed by atoms with Gasteiger partial charge in [-0.15, -0.1) is 0 Å². The molecule has 0 N–H and O–H groups in total. The molecule has 0 bridgehead atoms. The largest absolute Gasteiger partial charge is 0.486 e. The average molecular weight is 368 g/mol. The zero-order valence-electron chi connectivity index (χ0n) is 16.8. The van der Waals surface area contributed by atoms with Crippen LogP contribution in [-0.4, -0.2) is 19.5 Å². The van der Waals surface area contributed by atoms with Crippen LogP contribution in [0.25, 0.3) is 0 Å². The van der Waals surface area contributed by atoms with Gasteiger partial charge >= 0.3 is 0 Å². The molecule has 2 aliphatic heterocycles. The van der Waals surface area contributed by atoms with Crippen molar-refractivity contribution in [3.63, 3.8) is 0 Å². The molecule has 1 atom stereocenters. The van der Waals surface area contributed by atoms with Crippen LogP contribution in [0, 0.1) is 0 Å². The van der Waals surface area contributed by atoms with E-state index in [0.717, 1.165) is 29.4 Å². The second-order valence-electron chi connectivity index (χ2n) is 9.12. The van der Waals surface area contributed by atoms with E-state index in [0.29, 0.717) is 13.4 Å². The summed E-state index contributed by atoms with van der Waals surface area (Å²) in [5.41, 5.74) is 2.49. The molecule has 0 saturated heterocycles. The van der Waals surface area contributed by atoms with E-state index in [2.05, 4.69) is 58.9 Å². The number of hydrogen-bond acceptors (Lipinski definition) is 4. The SMILES string of the molecule is CC(C)(C)c1ccc2c(c1)OCC(CC(C)(C)c1ccc3c(c1)OCO3)O2. The first-order valence-corrected chi connectivity index (χ1v) is 9.56. The van der Waals surface area contributed by atoms with Gasteiger partial charge < -0.3 is 18.9 Å². The highest BCUT2D eigenvalue weighted by Crippen LogP contribution is 2.41. The van der Waals surface area contributed by atoms with Crippen molar-refractivity contribution in [2.75, 3.05) is 13.4 Å². The highest BCUT2D eigenvalue weighted by atomic mass is 16.7. The van der Waals surface area contributed by atoms with E-state index in [1.54, 1.807) is 0 Å². The molecule has 0 aromatic heterocycles. The Morgan fingerprint density at radius 1 is 0.778 bits per heavy atom. The topological polar surface area (TPSA) is 36.9 Å². The minimum Gasteiger partial charge on any atom is -0.486 e. The molecule has 4 nitrogen and oxygen atoms in total. The lowest BCUT2D eigenvalue weighted by Crippen LogP contribution is -2.35. The maximum atomic E-state index is 6.27. The van der Waals surface area contributed by atoms with E-state index in [1.807, 2.05) is 12.1 Å². The zero-order chi connectivity index (χ0) is 19.2. The van der Waals surface area contributed by atoms with Gasteiger partial charge in [0.05, 0.1) is 0 Å². The Morgan fingerprint density at radius 2 is 1.41 bits per heavy atom. The van der Waals surface area contributed by atoms with Gasteiger partial charge in [0.15, 0.2) is 23.0 Å². The molecule has 0 aliphatic carbocycles. The monoisotopic (exact) mass is 368 g/mol. The minimum atomic E-state index is -0.0716. The number of rotatable bonds is 3. The summed E-state index contributed by atoms with van der Waals surface area (Å²) >= 11 is 0. The van der Waals surface area contributed by atoms with E-state index in [-0.39, 0.29) is 16.9 Å². The molecule has 2 aromatic carbocycles. The fraction of sp³-hybridized carbons (Fsp3) is 0.478. The third-order valence-electron chi connectivity index (χ3n) is 5.42. The van der Waals surface area contributed by atoms with Crippen molar-refractivity contribution in [1.82, 2.24) is 0 Å². The van der Waals surface area contributed by atoms with Crippen LogP contribution in [0.15, 0.2) is 36.4 Å². The molecule has 4 heteroatoms. The van der Waals surface area contributed by atoms with Gasteiger partial charge in [0.2, 0.25) is 6.79 Å². The quantitative estimate of drug-likeness (QED) is 0.744. The van der Waals surface area contributed by atoms with E-state index < -0.39 is 0 Å². The smallest absolute Gasteiger partial charge is 0.231 e. The highest BCUT2D eigenvalue weighted by molar-refractivity contribution is 5.47. The molecule has 0 fully saturated rings. The minimum absolute atomic E-state index is 0.0124. The first kappa shape index (κ1) is 18.0. The van der Waals surface area contributed by atoms with Crippen LogP contribution >= 0.6 is 0 Å². The normalized spacial score (nSPS) is 18.5. The lowest BCUT2D eigenvalue weighted by molar-refractivity contribution is 0.0700. The van der Waals surface area contributed by atoms with Crippen LogP contribution in [0.5, 0.6) is 23.0 Å². The number of hydrogen-bond donors (Lipinski definition) is 0. The van der Waals surface area contributed by atoms with E-state index in [1.165, 1.54) is 11.1 Å². The van der Waals surface area contributed by atoms with Gasteiger partial charge in [0, 0.05) is 0 Å². The first-order chi connectivity index (χ1) is 12.7. The highest BCUT2D eigenvalue weighted by Gasteiger charge is 2.31. The van der Waals surface area contributed by atoms with Crippen molar-refractivity contribution < 1.29 is 18.9 Å². The summed E-state index contributed by atoms with van der Waals surface area (Å²) in [5.74, 6) is 3.32. The molecule has 2 aliphatic rings. The lowest BCUT2D eigenvalue weighted by atomic mass is 9.79. The summed E-state index contributed by atoms with van der Waals surface area (Å²) in [6.45, 7) is 11.9. The molecule has 0 spiro atoms. The maximum Gasteiger partial charge on any atom is 0.231 e. The van der Waals surface area contributed by atoms with Gasteiger partial charge in [0.1, 0.15) is 12.7 Å². The summed E-state index contributed by atoms with van der Waals surface area (Å²) < 4.78 is 23.3. The Hall–Kier alpha value is -2.36. The van der Waals surface area contributed by atoms with E-state index >= 15 is 0 Å². The van der Waals surface area contributed by atoms with Gasteiger partial charge in [0.25, 0.3) is 0 Å². The van der Waals surface area contributed by atoms with E-state index in [9.17, 15) is 0 Å². The molecule has 0 radical (unpaired) electrons. The van der Waals surface area contributed by atoms with Gasteiger partial charge in [-0.1, -0.05) is 46.8 Å². The van der Waals surface area contributed by atoms with Gasteiger partial charge in [-0.25, -0.2) is 0 Å². The zero-order valence-corrected chi connectivity index (χ0v) is 16.8. The third-order valence-corrected chi connectivity index (χ3v) is 5.42. The molecular formula is C23H28O4. The summed E-state index contributed by atoms with van der Waals surface area (Å²) in [6.07, 6.45) is 0.867. The van der Waals surface area contributed by atoms with Crippen LogP contribution in [0.2, 0.25) is 0 Å². The Balaban J connectivity index is 1.49. The summed E-state index contributed by atoms with van der Waals surface area (Å²) in [7, 11) is 0. The number of benzene rings is 2. The standard InChI is InChI=1S/C23H28O4/c1-22(2,3)15-6-9-19-21(10-15)24-13-17(27-19)12-23(4,5)16-7-8-18-20(11-16)26-14-25-18/h6-11,17H,12-14H2,1-5H3. The Kier molecular flexibility index (Phi) is 4.25. The van der Waals surface area contributed by atoms with Crippen molar-refractivity contribution in [2.45, 2.75) is 58.0 Å². The van der Waals surface area contributed by atoms with Crippen molar-refractivity contribution >= 4 is 0 Å². The van der Waals surface area contributed by atoms with Crippen LogP contribution in [0.3, 0.4) is 0 Å². The third kappa shape index (κ3) is 3.58. The van der Waals surface area contributed by atoms with Crippen LogP contribution in [0.4, 0.5) is 0 Å². The van der Waals surface area contributed by atoms with Crippen LogP contribution in [0.1, 0.15) is 52.2 Å². The molecule has 2 aromatic rings. The summed E-state index contributed by atoms with van der Waals surface area (Å²) in [4.78, 5) is 0. The van der Waals surface area contributed by atoms with Crippen molar-refractivity contribution in [3.8, 4) is 23.0 Å². The molecule has 2 heterocycles. The van der Waals surface area contributed by atoms with Crippen LogP contribution in [-0.2, 0) is 10.8 Å². The van der Waals surface area contributed by atoms with Gasteiger partial charge in [-0.2, -0.15) is 0 Å². The Bertz CT molecular complexity index is 848. The first-order valence-electron chi connectivity index (χ1n) is 9.56. The van der Waals surface area contributed by atoms with Gasteiger partial charge in [-0.05, 0) is 52.6 Å². The molecular weight excluding hydrogens is 340 g/mol.